The van der Waals surface area contributed by atoms with Gasteiger partial charge in [0.15, 0.2) is 0 Å². The van der Waals surface area contributed by atoms with Crippen molar-refractivity contribution in [2.24, 2.45) is 11.5 Å². The molecule has 0 spiro atoms. The second-order valence-corrected chi connectivity index (χ2v) is 2.73. The first-order valence-corrected chi connectivity index (χ1v) is 4.42. The molecule has 0 bridgehead atoms. The van der Waals surface area contributed by atoms with Gasteiger partial charge >= 0.3 is 0 Å². The van der Waals surface area contributed by atoms with Gasteiger partial charge in [0.2, 0.25) is 23.6 Å². The third kappa shape index (κ3) is 9.66. The van der Waals surface area contributed by atoms with Crippen LogP contribution >= 0.6 is 0 Å². The lowest BCUT2D eigenvalue weighted by Crippen LogP contribution is -2.35. The van der Waals surface area contributed by atoms with Crippen molar-refractivity contribution in [2.45, 2.75) is 0 Å². The molecule has 0 saturated carbocycles. The third-order valence-corrected chi connectivity index (χ3v) is 1.32. The topological polar surface area (TPSA) is 144 Å². The van der Waals surface area contributed by atoms with Crippen LogP contribution in [-0.4, -0.2) is 30.3 Å². The van der Waals surface area contributed by atoms with Crippen molar-refractivity contribution < 1.29 is 19.2 Å². The number of nitrogens with two attached hydrogens (primary N) is 2. The molecule has 0 unspecified atom stereocenters. The summed E-state index contributed by atoms with van der Waals surface area (Å²) in [6.07, 6.45) is 3.61. The number of rotatable bonds is 6. The van der Waals surface area contributed by atoms with Gasteiger partial charge in [0.25, 0.3) is 0 Å². The van der Waals surface area contributed by atoms with Crippen LogP contribution in [-0.2, 0) is 19.2 Å². The van der Waals surface area contributed by atoms with E-state index in [0.29, 0.717) is 0 Å². The smallest absolute Gasteiger partial charge is 0.245 e. The van der Waals surface area contributed by atoms with Crippen molar-refractivity contribution in [3.05, 3.63) is 24.3 Å². The quantitative estimate of drug-likeness (QED) is 0.295. The highest BCUT2D eigenvalue weighted by atomic mass is 16.2. The van der Waals surface area contributed by atoms with Crippen molar-refractivity contribution in [3.63, 3.8) is 0 Å². The Morgan fingerprint density at radius 1 is 0.765 bits per heavy atom. The molecule has 92 valence electrons. The zero-order valence-electron chi connectivity index (χ0n) is 8.80. The Kier molecular flexibility index (Phi) is 6.44. The lowest BCUT2D eigenvalue weighted by molar-refractivity contribution is -0.119. The van der Waals surface area contributed by atoms with Crippen LogP contribution in [0.2, 0.25) is 0 Å². The maximum Gasteiger partial charge on any atom is 0.245 e. The van der Waals surface area contributed by atoms with E-state index in [1.807, 2.05) is 0 Å². The first-order chi connectivity index (χ1) is 7.91. The molecule has 8 heteroatoms. The predicted octanol–water partition coefficient (Wildman–Crippen LogP) is -2.74. The van der Waals surface area contributed by atoms with Crippen LogP contribution in [0.3, 0.4) is 0 Å². The fraction of sp³-hybridized carbons (Fsp3) is 0.111. The minimum absolute atomic E-state index is 0.163. The zero-order valence-corrected chi connectivity index (χ0v) is 8.80. The predicted molar refractivity (Wildman–Crippen MR) is 57.8 cm³/mol. The molecule has 0 saturated heterocycles. The monoisotopic (exact) mass is 240 g/mol. The van der Waals surface area contributed by atoms with Crippen molar-refractivity contribution in [3.8, 4) is 0 Å². The molecule has 0 rings (SSSR count). The number of hydrogen-bond acceptors (Lipinski definition) is 4. The SMILES string of the molecule is NC(=O)/C=C\C(=O)NCNC(=O)/C=C\C(N)=O. The van der Waals surface area contributed by atoms with Gasteiger partial charge < -0.3 is 22.1 Å². The van der Waals surface area contributed by atoms with Gasteiger partial charge in [0, 0.05) is 24.3 Å². The Morgan fingerprint density at radius 2 is 1.12 bits per heavy atom. The molecule has 0 aromatic carbocycles. The van der Waals surface area contributed by atoms with Gasteiger partial charge in [0.1, 0.15) is 0 Å². The van der Waals surface area contributed by atoms with Crippen LogP contribution in [0.5, 0.6) is 0 Å². The number of nitrogens with one attached hydrogen (secondary N) is 2. The minimum Gasteiger partial charge on any atom is -0.366 e. The van der Waals surface area contributed by atoms with Gasteiger partial charge in [-0.15, -0.1) is 0 Å². The van der Waals surface area contributed by atoms with Crippen LogP contribution in [0.25, 0.3) is 0 Å². The lowest BCUT2D eigenvalue weighted by Gasteiger charge is -2.02. The van der Waals surface area contributed by atoms with E-state index in [2.05, 4.69) is 10.6 Å². The fourth-order valence-corrected chi connectivity index (χ4v) is 0.652. The van der Waals surface area contributed by atoms with Gasteiger partial charge in [-0.2, -0.15) is 0 Å². The second kappa shape index (κ2) is 7.63. The molecule has 17 heavy (non-hydrogen) atoms. The van der Waals surface area contributed by atoms with E-state index in [0.717, 1.165) is 24.3 Å². The van der Waals surface area contributed by atoms with Crippen LogP contribution in [0.4, 0.5) is 0 Å². The Morgan fingerprint density at radius 3 is 1.41 bits per heavy atom. The summed E-state index contributed by atoms with van der Waals surface area (Å²) in [5.41, 5.74) is 9.51. The first kappa shape index (κ1) is 14.4. The molecule has 0 heterocycles. The van der Waals surface area contributed by atoms with E-state index in [-0.39, 0.29) is 6.67 Å². The van der Waals surface area contributed by atoms with Crippen LogP contribution < -0.4 is 22.1 Å². The van der Waals surface area contributed by atoms with E-state index in [1.54, 1.807) is 0 Å². The van der Waals surface area contributed by atoms with Crippen LogP contribution in [0, 0.1) is 0 Å². The average Bonchev–Trinajstić information content (AvgIpc) is 2.23. The van der Waals surface area contributed by atoms with Crippen molar-refractivity contribution in [1.29, 1.82) is 0 Å². The van der Waals surface area contributed by atoms with Crippen molar-refractivity contribution >= 4 is 23.6 Å². The summed E-state index contributed by atoms with van der Waals surface area (Å²) in [7, 11) is 0. The summed E-state index contributed by atoms with van der Waals surface area (Å²) in [6.45, 7) is -0.163. The van der Waals surface area contributed by atoms with E-state index in [4.69, 9.17) is 11.5 Å². The summed E-state index contributed by atoms with van der Waals surface area (Å²) >= 11 is 0. The van der Waals surface area contributed by atoms with Crippen LogP contribution in [0.1, 0.15) is 0 Å². The Hall–Kier alpha value is -2.64. The molecule has 0 fully saturated rings. The molecule has 0 aliphatic rings. The number of hydrogen-bond donors (Lipinski definition) is 4. The van der Waals surface area contributed by atoms with Crippen molar-refractivity contribution in [1.82, 2.24) is 10.6 Å². The molecule has 0 atom stereocenters. The van der Waals surface area contributed by atoms with E-state index >= 15 is 0 Å². The molecule has 0 aliphatic heterocycles. The summed E-state index contributed by atoms with van der Waals surface area (Å²) in [5.74, 6) is -2.70. The number of primary amides is 2. The lowest BCUT2D eigenvalue weighted by atomic mass is 10.4. The number of amides is 4. The molecule has 0 radical (unpaired) electrons. The van der Waals surface area contributed by atoms with E-state index in [1.165, 1.54) is 0 Å². The highest BCUT2D eigenvalue weighted by molar-refractivity contribution is 5.97. The van der Waals surface area contributed by atoms with E-state index in [9.17, 15) is 19.2 Å². The Labute approximate surface area is 96.7 Å². The van der Waals surface area contributed by atoms with Gasteiger partial charge in [-0.1, -0.05) is 0 Å². The maximum absolute atomic E-state index is 10.9. The van der Waals surface area contributed by atoms with Crippen molar-refractivity contribution in [2.75, 3.05) is 6.67 Å². The molecule has 8 nitrogen and oxygen atoms in total. The highest BCUT2D eigenvalue weighted by Gasteiger charge is 1.97. The average molecular weight is 240 g/mol. The first-order valence-electron chi connectivity index (χ1n) is 4.42. The fourth-order valence-electron chi connectivity index (χ4n) is 0.652. The Balaban J connectivity index is 3.84. The normalized spacial score (nSPS) is 10.4. The summed E-state index contributed by atoms with van der Waals surface area (Å²) in [5, 5.41) is 4.48. The highest BCUT2D eigenvalue weighted by Crippen LogP contribution is 1.74. The molecular formula is C9H12N4O4. The largest absolute Gasteiger partial charge is 0.366 e. The van der Waals surface area contributed by atoms with E-state index < -0.39 is 23.6 Å². The molecule has 0 aromatic heterocycles. The van der Waals surface area contributed by atoms with Gasteiger partial charge in [-0.25, -0.2) is 0 Å². The molecule has 0 aromatic rings. The number of carbonyl (C=O) groups excluding carboxylic acids is 4. The molecule has 6 N–H and O–H groups in total. The molecule has 4 amide bonds. The van der Waals surface area contributed by atoms with Gasteiger partial charge in [-0.05, 0) is 0 Å². The number of carbonyl (C=O) groups is 4. The zero-order chi connectivity index (χ0) is 13.3. The van der Waals surface area contributed by atoms with Gasteiger partial charge in [-0.3, -0.25) is 19.2 Å². The second-order valence-electron chi connectivity index (χ2n) is 2.73. The molecule has 0 aliphatic carbocycles. The summed E-state index contributed by atoms with van der Waals surface area (Å²) < 4.78 is 0. The van der Waals surface area contributed by atoms with Crippen LogP contribution in [0.15, 0.2) is 24.3 Å². The Bertz CT molecular complexity index is 350. The maximum atomic E-state index is 10.9. The van der Waals surface area contributed by atoms with Gasteiger partial charge in [0.05, 0.1) is 6.67 Å². The minimum atomic E-state index is -0.756. The molecular weight excluding hydrogens is 228 g/mol. The third-order valence-electron chi connectivity index (χ3n) is 1.32. The summed E-state index contributed by atoms with van der Waals surface area (Å²) in [4.78, 5) is 42.4. The summed E-state index contributed by atoms with van der Waals surface area (Å²) in [6, 6.07) is 0. The standard InChI is InChI=1S/C9H12N4O4/c10-6(14)1-3-8(16)12-5-13-9(17)4-2-7(11)15/h1-4H,5H2,(H2,10,14)(H2,11,15)(H,12,16)(H,13,17)/b3-1-,4-2-.